The van der Waals surface area contributed by atoms with Gasteiger partial charge in [-0.25, -0.2) is 0 Å². The van der Waals surface area contributed by atoms with Gasteiger partial charge in [0, 0.05) is 4.90 Å². The van der Waals surface area contributed by atoms with E-state index in [1.54, 1.807) is 12.1 Å². The zero-order chi connectivity index (χ0) is 15.0. The van der Waals surface area contributed by atoms with Gasteiger partial charge in [0.2, 0.25) is 5.91 Å². The number of hydrogen-bond acceptors (Lipinski definition) is 3. The summed E-state index contributed by atoms with van der Waals surface area (Å²) in [5.41, 5.74) is 0.625. The fraction of sp³-hybridized carbons (Fsp3) is 0.375. The summed E-state index contributed by atoms with van der Waals surface area (Å²) in [6, 6.07) is 7.22. The monoisotopic (exact) mass is 303 g/mol. The molecular formula is C16H17NO3S. The Hall–Kier alpha value is -1.75. The molecule has 0 heterocycles. The molecule has 1 saturated carbocycles. The topological polar surface area (TPSA) is 66.4 Å². The van der Waals surface area contributed by atoms with Crippen molar-refractivity contribution in [1.82, 2.24) is 0 Å². The van der Waals surface area contributed by atoms with Crippen molar-refractivity contribution in [1.29, 1.82) is 0 Å². The number of thiol groups is 1. The maximum atomic E-state index is 12.6. The van der Waals surface area contributed by atoms with Crippen molar-refractivity contribution in [2.45, 2.75) is 17.7 Å². The van der Waals surface area contributed by atoms with Crippen molar-refractivity contribution < 1.29 is 14.7 Å². The molecule has 0 saturated heterocycles. The molecule has 2 bridgehead atoms. The molecule has 4 rings (SSSR count). The maximum absolute atomic E-state index is 12.6. The van der Waals surface area contributed by atoms with E-state index in [4.69, 9.17) is 0 Å². The number of anilines is 1. The van der Waals surface area contributed by atoms with E-state index in [0.29, 0.717) is 10.6 Å². The number of carbonyl (C=O) groups excluding carboxylic acids is 1. The third-order valence-corrected chi connectivity index (χ3v) is 4.89. The first kappa shape index (κ1) is 14.2. The molecule has 1 aromatic carbocycles. The molecule has 1 aromatic rings. The third-order valence-electron chi connectivity index (χ3n) is 4.50. The largest absolute Gasteiger partial charge is 0.481 e. The molecule has 0 aliphatic heterocycles. The molecule has 4 unspecified atom stereocenters. The number of amides is 1. The van der Waals surface area contributed by atoms with Crippen LogP contribution in [-0.2, 0) is 9.59 Å². The van der Waals surface area contributed by atoms with Gasteiger partial charge in [-0.1, -0.05) is 24.3 Å². The highest BCUT2D eigenvalue weighted by molar-refractivity contribution is 7.80. The molecule has 5 heteroatoms. The van der Waals surface area contributed by atoms with Crippen molar-refractivity contribution in [2.24, 2.45) is 23.7 Å². The number of rotatable bonds is 3. The molecule has 4 atom stereocenters. The van der Waals surface area contributed by atoms with E-state index < -0.39 is 17.8 Å². The van der Waals surface area contributed by atoms with Crippen LogP contribution in [-0.4, -0.2) is 17.0 Å². The van der Waals surface area contributed by atoms with E-state index >= 15 is 0 Å². The smallest absolute Gasteiger partial charge is 0.307 e. The Kier molecular flexibility index (Phi) is 3.76. The Balaban J connectivity index is 1.85. The standard InChI is InChI=1S/C16H17NO3S/c18-15(17-11-3-1-2-4-12(11)21)13-9-5-7-10(8-6-9)14(13)16(19)20/h1-5,7,9-10,13-14,21H,6,8H2,(H,17,18)(H,19,20). The lowest BCUT2D eigenvalue weighted by Gasteiger charge is -2.41. The van der Waals surface area contributed by atoms with Gasteiger partial charge in [-0.3, -0.25) is 9.59 Å². The second-order valence-electron chi connectivity index (χ2n) is 5.69. The Bertz CT molecular complexity index is 613. The van der Waals surface area contributed by atoms with Crippen LogP contribution in [0.25, 0.3) is 0 Å². The molecule has 0 spiro atoms. The molecule has 110 valence electrons. The van der Waals surface area contributed by atoms with Gasteiger partial charge in [0.15, 0.2) is 0 Å². The minimum absolute atomic E-state index is 0.0168. The van der Waals surface area contributed by atoms with E-state index in [9.17, 15) is 14.7 Å². The average Bonchev–Trinajstić information content (AvgIpc) is 2.49. The number of hydrogen-bond donors (Lipinski definition) is 3. The highest BCUT2D eigenvalue weighted by Gasteiger charge is 2.48. The van der Waals surface area contributed by atoms with Crippen LogP contribution in [0.2, 0.25) is 0 Å². The highest BCUT2D eigenvalue weighted by Crippen LogP contribution is 2.45. The van der Waals surface area contributed by atoms with Gasteiger partial charge in [0.05, 0.1) is 17.5 Å². The summed E-state index contributed by atoms with van der Waals surface area (Å²) in [5.74, 6) is -2.24. The van der Waals surface area contributed by atoms with E-state index in [1.807, 2.05) is 24.3 Å². The Labute approximate surface area is 128 Å². The molecule has 2 N–H and O–H groups in total. The summed E-state index contributed by atoms with van der Waals surface area (Å²) < 4.78 is 0. The SMILES string of the molecule is O=C(O)C1C2C=CC(CC2)C1C(=O)Nc1ccccc1S. The Morgan fingerprint density at radius 2 is 1.71 bits per heavy atom. The average molecular weight is 303 g/mol. The molecule has 21 heavy (non-hydrogen) atoms. The van der Waals surface area contributed by atoms with Gasteiger partial charge in [0.1, 0.15) is 0 Å². The van der Waals surface area contributed by atoms with Crippen LogP contribution in [0.3, 0.4) is 0 Å². The normalized spacial score (nSPS) is 30.1. The van der Waals surface area contributed by atoms with Crippen LogP contribution in [0.4, 0.5) is 5.69 Å². The number of carboxylic acids is 1. The van der Waals surface area contributed by atoms with Gasteiger partial charge >= 0.3 is 5.97 Å². The van der Waals surface area contributed by atoms with Gasteiger partial charge in [-0.15, -0.1) is 12.6 Å². The van der Waals surface area contributed by atoms with Crippen LogP contribution in [0, 0.1) is 23.7 Å². The number of nitrogens with one attached hydrogen (secondary N) is 1. The van der Waals surface area contributed by atoms with Crippen molar-refractivity contribution >= 4 is 30.2 Å². The Morgan fingerprint density at radius 3 is 2.29 bits per heavy atom. The van der Waals surface area contributed by atoms with Gasteiger partial charge in [-0.2, -0.15) is 0 Å². The summed E-state index contributed by atoms with van der Waals surface area (Å²) in [6.45, 7) is 0. The number of aliphatic carboxylic acids is 1. The quantitative estimate of drug-likeness (QED) is 0.594. The number of para-hydroxylation sites is 1. The van der Waals surface area contributed by atoms with E-state index in [1.165, 1.54) is 0 Å². The lowest BCUT2D eigenvalue weighted by Crippen LogP contribution is -2.47. The zero-order valence-electron chi connectivity index (χ0n) is 11.4. The summed E-state index contributed by atoms with van der Waals surface area (Å²) in [4.78, 5) is 24.8. The summed E-state index contributed by atoms with van der Waals surface area (Å²) in [6.07, 6.45) is 5.70. The van der Waals surface area contributed by atoms with Gasteiger partial charge in [-0.05, 0) is 36.8 Å². The highest BCUT2D eigenvalue weighted by atomic mass is 32.1. The van der Waals surface area contributed by atoms with Crippen LogP contribution in [0.15, 0.2) is 41.3 Å². The number of carbonyl (C=O) groups is 2. The molecule has 4 nitrogen and oxygen atoms in total. The van der Waals surface area contributed by atoms with E-state index in [0.717, 1.165) is 12.8 Å². The lowest BCUT2D eigenvalue weighted by atomic mass is 9.62. The minimum Gasteiger partial charge on any atom is -0.481 e. The van der Waals surface area contributed by atoms with Crippen molar-refractivity contribution in [2.75, 3.05) is 5.32 Å². The lowest BCUT2D eigenvalue weighted by molar-refractivity contribution is -0.151. The predicted octanol–water partition coefficient (Wildman–Crippen LogP) is 2.83. The number of fused-ring (bicyclic) bond motifs is 2. The molecule has 3 aliphatic rings. The molecule has 1 fully saturated rings. The number of allylic oxidation sites excluding steroid dienone is 2. The minimum atomic E-state index is -0.881. The predicted molar refractivity (Wildman–Crippen MR) is 82.3 cm³/mol. The molecule has 0 aromatic heterocycles. The van der Waals surface area contributed by atoms with Crippen molar-refractivity contribution in [3.05, 3.63) is 36.4 Å². The van der Waals surface area contributed by atoms with E-state index in [-0.39, 0.29) is 17.7 Å². The first-order valence-corrected chi connectivity index (χ1v) is 7.52. The second-order valence-corrected chi connectivity index (χ2v) is 6.17. The van der Waals surface area contributed by atoms with E-state index in [2.05, 4.69) is 17.9 Å². The third kappa shape index (κ3) is 2.58. The summed E-state index contributed by atoms with van der Waals surface area (Å²) in [7, 11) is 0. The van der Waals surface area contributed by atoms with Crippen molar-refractivity contribution in [3.8, 4) is 0 Å². The maximum Gasteiger partial charge on any atom is 0.307 e. The first-order valence-electron chi connectivity index (χ1n) is 7.08. The fourth-order valence-electron chi connectivity index (χ4n) is 3.48. The van der Waals surface area contributed by atoms with Gasteiger partial charge in [0.25, 0.3) is 0 Å². The van der Waals surface area contributed by atoms with Crippen LogP contribution >= 0.6 is 12.6 Å². The van der Waals surface area contributed by atoms with Crippen LogP contribution in [0.5, 0.6) is 0 Å². The molecule has 3 aliphatic carbocycles. The summed E-state index contributed by atoms with van der Waals surface area (Å²) >= 11 is 4.31. The molecule has 0 radical (unpaired) electrons. The second kappa shape index (κ2) is 5.56. The number of carboxylic acid groups (broad SMARTS) is 1. The fourth-order valence-corrected chi connectivity index (χ4v) is 3.70. The first-order chi connectivity index (χ1) is 10.1. The van der Waals surface area contributed by atoms with Crippen LogP contribution in [0.1, 0.15) is 12.8 Å². The molecule has 1 amide bonds. The Morgan fingerprint density at radius 1 is 1.10 bits per heavy atom. The van der Waals surface area contributed by atoms with Gasteiger partial charge < -0.3 is 10.4 Å². The van der Waals surface area contributed by atoms with Crippen LogP contribution < -0.4 is 5.32 Å². The molecular weight excluding hydrogens is 286 g/mol. The zero-order valence-corrected chi connectivity index (χ0v) is 12.3. The number of benzene rings is 1. The summed E-state index contributed by atoms with van der Waals surface area (Å²) in [5, 5.41) is 12.3. The van der Waals surface area contributed by atoms with Crippen molar-refractivity contribution in [3.63, 3.8) is 0 Å².